The van der Waals surface area contributed by atoms with Crippen LogP contribution in [0.1, 0.15) is 41.6 Å². The SMILES string of the molecule is CCCOc1cc2c(cc1OC)C(Cc1ccc(OC)c(OC)c1)N(CC(=O)NCc1ccccc1)CC2. The summed E-state index contributed by atoms with van der Waals surface area (Å²) in [6.07, 6.45) is 2.46. The molecule has 1 heterocycles. The topological polar surface area (TPSA) is 69.3 Å². The highest BCUT2D eigenvalue weighted by atomic mass is 16.5. The van der Waals surface area contributed by atoms with E-state index in [-0.39, 0.29) is 11.9 Å². The van der Waals surface area contributed by atoms with Gasteiger partial charge in [-0.2, -0.15) is 0 Å². The zero-order valence-corrected chi connectivity index (χ0v) is 22.8. The molecule has 0 saturated carbocycles. The first-order valence-corrected chi connectivity index (χ1v) is 13.1. The first kappa shape index (κ1) is 27.3. The monoisotopic (exact) mass is 518 g/mol. The Morgan fingerprint density at radius 3 is 2.34 bits per heavy atom. The summed E-state index contributed by atoms with van der Waals surface area (Å²) in [4.78, 5) is 15.3. The highest BCUT2D eigenvalue weighted by molar-refractivity contribution is 5.78. The Kier molecular flexibility index (Phi) is 9.49. The van der Waals surface area contributed by atoms with Gasteiger partial charge in [-0.1, -0.05) is 43.3 Å². The Labute approximate surface area is 225 Å². The van der Waals surface area contributed by atoms with Crippen LogP contribution < -0.4 is 24.3 Å². The molecule has 0 aliphatic carbocycles. The molecule has 4 rings (SSSR count). The molecule has 202 valence electrons. The number of hydrogen-bond acceptors (Lipinski definition) is 6. The first-order valence-electron chi connectivity index (χ1n) is 13.1. The number of methoxy groups -OCH3 is 3. The van der Waals surface area contributed by atoms with Crippen LogP contribution in [0.3, 0.4) is 0 Å². The number of nitrogens with one attached hydrogen (secondary N) is 1. The fraction of sp³-hybridized carbons (Fsp3) is 0.387. The average Bonchev–Trinajstić information content (AvgIpc) is 2.96. The highest BCUT2D eigenvalue weighted by Crippen LogP contribution is 2.40. The molecular weight excluding hydrogens is 480 g/mol. The van der Waals surface area contributed by atoms with E-state index in [1.54, 1.807) is 21.3 Å². The second-order valence-corrected chi connectivity index (χ2v) is 9.44. The number of carbonyl (C=O) groups is 1. The van der Waals surface area contributed by atoms with E-state index in [0.717, 1.165) is 41.8 Å². The van der Waals surface area contributed by atoms with Crippen molar-refractivity contribution in [2.75, 3.05) is 41.0 Å². The predicted octanol–water partition coefficient (Wildman–Crippen LogP) is 4.96. The minimum Gasteiger partial charge on any atom is -0.493 e. The quantitative estimate of drug-likeness (QED) is 0.366. The number of carbonyl (C=O) groups excluding carboxylic acids is 1. The smallest absolute Gasteiger partial charge is 0.234 e. The average molecular weight is 519 g/mol. The van der Waals surface area contributed by atoms with Crippen LogP contribution in [0.5, 0.6) is 23.0 Å². The summed E-state index contributed by atoms with van der Waals surface area (Å²) in [6.45, 7) is 4.31. The molecule has 0 fully saturated rings. The van der Waals surface area contributed by atoms with Gasteiger partial charge in [0.2, 0.25) is 5.91 Å². The van der Waals surface area contributed by atoms with E-state index in [9.17, 15) is 4.79 Å². The molecule has 3 aromatic rings. The number of fused-ring (bicyclic) bond motifs is 1. The van der Waals surface area contributed by atoms with Crippen LogP contribution in [0.2, 0.25) is 0 Å². The summed E-state index contributed by atoms with van der Waals surface area (Å²) in [5.74, 6) is 2.87. The van der Waals surface area contributed by atoms with Gasteiger partial charge in [0.1, 0.15) is 0 Å². The van der Waals surface area contributed by atoms with E-state index in [4.69, 9.17) is 18.9 Å². The van der Waals surface area contributed by atoms with Crippen LogP contribution in [0, 0.1) is 0 Å². The minimum absolute atomic E-state index is 0.00415. The third-order valence-corrected chi connectivity index (χ3v) is 6.91. The lowest BCUT2D eigenvalue weighted by Gasteiger charge is -2.37. The van der Waals surface area contributed by atoms with E-state index in [1.807, 2.05) is 42.5 Å². The van der Waals surface area contributed by atoms with Crippen molar-refractivity contribution in [1.29, 1.82) is 0 Å². The van der Waals surface area contributed by atoms with Crippen LogP contribution in [-0.4, -0.2) is 51.8 Å². The fourth-order valence-electron chi connectivity index (χ4n) is 4.94. The van der Waals surface area contributed by atoms with Gasteiger partial charge in [0.25, 0.3) is 0 Å². The Bertz CT molecular complexity index is 1210. The number of amides is 1. The largest absolute Gasteiger partial charge is 0.493 e. The number of rotatable bonds is 12. The van der Waals surface area contributed by atoms with Crippen LogP contribution in [-0.2, 0) is 24.2 Å². The molecule has 1 aliphatic rings. The Balaban J connectivity index is 1.61. The second-order valence-electron chi connectivity index (χ2n) is 9.44. The summed E-state index contributed by atoms with van der Waals surface area (Å²) in [5, 5.41) is 3.08. The Hall–Kier alpha value is -3.71. The van der Waals surface area contributed by atoms with Crippen molar-refractivity contribution in [3.05, 3.63) is 82.9 Å². The maximum absolute atomic E-state index is 13.0. The number of ether oxygens (including phenoxy) is 4. The van der Waals surface area contributed by atoms with Gasteiger partial charge in [0, 0.05) is 19.1 Å². The summed E-state index contributed by atoms with van der Waals surface area (Å²) < 4.78 is 22.7. The molecule has 0 bridgehead atoms. The van der Waals surface area contributed by atoms with E-state index in [0.29, 0.717) is 43.4 Å². The summed E-state index contributed by atoms with van der Waals surface area (Å²) in [5.41, 5.74) is 4.56. The third kappa shape index (κ3) is 6.58. The number of benzene rings is 3. The summed E-state index contributed by atoms with van der Waals surface area (Å²) in [6, 6.07) is 20.1. The van der Waals surface area contributed by atoms with Crippen molar-refractivity contribution < 1.29 is 23.7 Å². The van der Waals surface area contributed by atoms with Gasteiger partial charge in [-0.05, 0) is 65.8 Å². The van der Waals surface area contributed by atoms with Crippen LogP contribution in [0.4, 0.5) is 0 Å². The van der Waals surface area contributed by atoms with Gasteiger partial charge in [0.05, 0.1) is 34.5 Å². The zero-order chi connectivity index (χ0) is 26.9. The maximum atomic E-state index is 13.0. The highest BCUT2D eigenvalue weighted by Gasteiger charge is 2.31. The third-order valence-electron chi connectivity index (χ3n) is 6.91. The molecule has 7 nitrogen and oxygen atoms in total. The molecule has 1 N–H and O–H groups in total. The lowest BCUT2D eigenvalue weighted by molar-refractivity contribution is -0.123. The van der Waals surface area contributed by atoms with Crippen LogP contribution >= 0.6 is 0 Å². The minimum atomic E-state index is -0.0200. The van der Waals surface area contributed by atoms with Crippen LogP contribution in [0.15, 0.2) is 60.7 Å². The molecular formula is C31H38N2O5. The lowest BCUT2D eigenvalue weighted by Crippen LogP contribution is -2.43. The van der Waals surface area contributed by atoms with Gasteiger partial charge in [0.15, 0.2) is 23.0 Å². The lowest BCUT2D eigenvalue weighted by atomic mass is 9.88. The van der Waals surface area contributed by atoms with Crippen molar-refractivity contribution >= 4 is 5.91 Å². The molecule has 0 radical (unpaired) electrons. The molecule has 3 aromatic carbocycles. The van der Waals surface area contributed by atoms with Gasteiger partial charge in [-0.25, -0.2) is 0 Å². The molecule has 1 aliphatic heterocycles. The molecule has 0 aromatic heterocycles. The summed E-state index contributed by atoms with van der Waals surface area (Å²) >= 11 is 0. The van der Waals surface area contributed by atoms with Gasteiger partial charge in [-0.15, -0.1) is 0 Å². The normalized spacial score (nSPS) is 14.9. The molecule has 7 heteroatoms. The van der Waals surface area contributed by atoms with Crippen molar-refractivity contribution in [2.24, 2.45) is 0 Å². The Morgan fingerprint density at radius 2 is 1.63 bits per heavy atom. The van der Waals surface area contributed by atoms with Gasteiger partial charge < -0.3 is 24.3 Å². The van der Waals surface area contributed by atoms with E-state index in [1.165, 1.54) is 5.56 Å². The van der Waals surface area contributed by atoms with Gasteiger partial charge in [-0.3, -0.25) is 9.69 Å². The fourth-order valence-corrected chi connectivity index (χ4v) is 4.94. The van der Waals surface area contributed by atoms with Crippen molar-refractivity contribution in [2.45, 2.75) is 38.8 Å². The van der Waals surface area contributed by atoms with E-state index < -0.39 is 0 Å². The molecule has 0 saturated heterocycles. The standard InChI is InChI=1S/C31H38N2O5/c1-5-15-38-30-18-24-13-14-33(21-31(34)32-20-22-9-7-6-8-10-22)26(25(24)19-29(30)37-4)16-23-11-12-27(35-2)28(17-23)36-3/h6-12,17-19,26H,5,13-16,20-21H2,1-4H3,(H,32,34). The van der Waals surface area contributed by atoms with Crippen molar-refractivity contribution in [3.63, 3.8) is 0 Å². The van der Waals surface area contributed by atoms with E-state index in [2.05, 4.69) is 35.3 Å². The number of nitrogens with zero attached hydrogens (tertiary/aromatic N) is 1. The molecule has 1 atom stereocenters. The predicted molar refractivity (Wildman–Crippen MR) is 148 cm³/mol. The van der Waals surface area contributed by atoms with Crippen molar-refractivity contribution in [3.8, 4) is 23.0 Å². The first-order chi connectivity index (χ1) is 18.6. The maximum Gasteiger partial charge on any atom is 0.234 e. The van der Waals surface area contributed by atoms with E-state index >= 15 is 0 Å². The molecule has 0 spiro atoms. The number of hydrogen-bond donors (Lipinski definition) is 1. The molecule has 1 unspecified atom stereocenters. The zero-order valence-electron chi connectivity index (χ0n) is 22.8. The van der Waals surface area contributed by atoms with Gasteiger partial charge >= 0.3 is 0 Å². The molecule has 38 heavy (non-hydrogen) atoms. The second kappa shape index (κ2) is 13.2. The van der Waals surface area contributed by atoms with Crippen molar-refractivity contribution in [1.82, 2.24) is 10.2 Å². The Morgan fingerprint density at radius 1 is 0.895 bits per heavy atom. The molecule has 1 amide bonds. The van der Waals surface area contributed by atoms with Crippen LogP contribution in [0.25, 0.3) is 0 Å². The summed E-state index contributed by atoms with van der Waals surface area (Å²) in [7, 11) is 4.94.